The molecular weight excluding hydrogens is 867 g/mol. The van der Waals surface area contributed by atoms with E-state index in [0.29, 0.717) is 90.0 Å². The standard InChI is InChI=1S/C55H61NO12/c1-63-20-7-12-47-50(54-45-29-48(43-26-37(60)14-16-42(43)53(45)67-47)64-21-5-4-18-55(56-31-57)19-17-38(61)27-49(55)68-54)46-30-65-52-34(25-40(28-44(52)51(46)62)66-39-10-2-3-11-39)22-33-24-36(59)13-15-41(33)32-8-6-9-35(58)23-32/h6,8-9,13-16,23-26,28-29,38-39,46-47,49-51,54,56-62H,2-3,7,10-12,17-22,27,30-31H2,1H3/t38-,46+,47+,49-,50+,51+,54-,55+/m0/s1. The first kappa shape index (κ1) is 46.0. The third-order valence-electron chi connectivity index (χ3n) is 14.9. The smallest absolute Gasteiger partial charge is 0.149 e. The summed E-state index contributed by atoms with van der Waals surface area (Å²) in [6.45, 7) is 0.314. The van der Waals surface area contributed by atoms with E-state index in [1.165, 1.54) is 0 Å². The quantitative estimate of drug-likeness (QED) is 0.0362. The van der Waals surface area contributed by atoms with Gasteiger partial charge in [-0.25, -0.2) is 0 Å². The first-order valence-electron chi connectivity index (χ1n) is 24.1. The summed E-state index contributed by atoms with van der Waals surface area (Å²) in [6.07, 6.45) is 3.46. The third-order valence-corrected chi connectivity index (χ3v) is 14.9. The lowest BCUT2D eigenvalue weighted by Crippen LogP contribution is -2.60. The van der Waals surface area contributed by atoms with Crippen molar-refractivity contribution in [1.82, 2.24) is 5.32 Å². The van der Waals surface area contributed by atoms with E-state index in [0.717, 1.165) is 47.9 Å². The highest BCUT2D eigenvalue weighted by atomic mass is 16.5. The van der Waals surface area contributed by atoms with Crippen molar-refractivity contribution >= 4 is 10.8 Å². The van der Waals surface area contributed by atoms with Gasteiger partial charge < -0.3 is 59.1 Å². The summed E-state index contributed by atoms with van der Waals surface area (Å²) in [5.41, 5.74) is 3.63. The van der Waals surface area contributed by atoms with Crippen LogP contribution in [0.4, 0.5) is 0 Å². The van der Waals surface area contributed by atoms with Gasteiger partial charge in [0, 0.05) is 72.3 Å². The molecule has 7 N–H and O–H groups in total. The molecule has 0 unspecified atom stereocenters. The molecule has 13 heteroatoms. The largest absolute Gasteiger partial charge is 0.508 e. The van der Waals surface area contributed by atoms with Crippen LogP contribution in [0.3, 0.4) is 0 Å². The zero-order valence-corrected chi connectivity index (χ0v) is 38.4. The van der Waals surface area contributed by atoms with Crippen molar-refractivity contribution in [3.8, 4) is 63.2 Å². The van der Waals surface area contributed by atoms with E-state index < -0.39 is 47.9 Å². The molecule has 0 spiro atoms. The Morgan fingerprint density at radius 3 is 2.47 bits per heavy atom. The Bertz CT molecular complexity index is 2690. The fraction of sp³-hybridized carbons (Fsp3) is 0.455. The van der Waals surface area contributed by atoms with Gasteiger partial charge in [0.2, 0.25) is 0 Å². The molecule has 2 bridgehead atoms. The third kappa shape index (κ3) is 9.13. The van der Waals surface area contributed by atoms with Gasteiger partial charge in [-0.05, 0) is 129 Å². The number of fused-ring (bicyclic) bond motifs is 6. The number of nitrogens with one attached hydrogen (secondary N) is 1. The van der Waals surface area contributed by atoms with Crippen molar-refractivity contribution in [1.29, 1.82) is 0 Å². The number of phenols is 3. The molecule has 13 nitrogen and oxygen atoms in total. The molecule has 5 aromatic rings. The van der Waals surface area contributed by atoms with E-state index in [-0.39, 0.29) is 49.7 Å². The number of phenolic OH excluding ortho intramolecular Hbond substituents is 3. The van der Waals surface area contributed by atoms with Crippen LogP contribution >= 0.6 is 0 Å². The molecule has 0 radical (unpaired) electrons. The highest BCUT2D eigenvalue weighted by Gasteiger charge is 2.53. The second-order valence-corrected chi connectivity index (χ2v) is 19.2. The minimum atomic E-state index is -1.10. The highest BCUT2D eigenvalue weighted by Crippen LogP contribution is 2.56. The van der Waals surface area contributed by atoms with Gasteiger partial charge in [0.05, 0.1) is 49.4 Å². The second-order valence-electron chi connectivity index (χ2n) is 19.2. The lowest BCUT2D eigenvalue weighted by Gasteiger charge is -2.51. The van der Waals surface area contributed by atoms with Crippen LogP contribution in [0, 0.1) is 23.7 Å². The van der Waals surface area contributed by atoms with Crippen molar-refractivity contribution in [2.75, 3.05) is 33.7 Å². The summed E-state index contributed by atoms with van der Waals surface area (Å²) in [6, 6.07) is 23.1. The molecule has 3 heterocycles. The van der Waals surface area contributed by atoms with Crippen molar-refractivity contribution in [3.05, 3.63) is 101 Å². The average molecular weight is 928 g/mol. The summed E-state index contributed by atoms with van der Waals surface area (Å²) in [5.74, 6) is 7.79. The molecule has 5 aromatic carbocycles. The molecule has 2 aliphatic carbocycles. The Morgan fingerprint density at radius 2 is 1.65 bits per heavy atom. The molecule has 0 saturated heterocycles. The van der Waals surface area contributed by atoms with Crippen molar-refractivity contribution in [2.45, 2.75) is 113 Å². The molecular formula is C55H61NO12. The number of aliphatic hydroxyl groups is 3. The van der Waals surface area contributed by atoms with Gasteiger partial charge in [-0.2, -0.15) is 0 Å². The lowest BCUT2D eigenvalue weighted by atomic mass is 9.71. The summed E-state index contributed by atoms with van der Waals surface area (Å²) < 4.78 is 40.4. The van der Waals surface area contributed by atoms with Gasteiger partial charge in [-0.3, -0.25) is 5.32 Å². The number of hydrogen-bond acceptors (Lipinski definition) is 13. The van der Waals surface area contributed by atoms with Gasteiger partial charge in [-0.15, -0.1) is 0 Å². The van der Waals surface area contributed by atoms with E-state index in [9.17, 15) is 30.6 Å². The van der Waals surface area contributed by atoms with Gasteiger partial charge >= 0.3 is 0 Å². The predicted molar refractivity (Wildman–Crippen MR) is 254 cm³/mol. The Kier molecular flexibility index (Phi) is 13.3. The molecule has 2 fully saturated rings. The predicted octanol–water partition coefficient (Wildman–Crippen LogP) is 8.12. The number of methoxy groups -OCH3 is 1. The number of aliphatic hydroxyl groups excluding tert-OH is 3. The number of aromatic hydroxyl groups is 3. The zero-order chi connectivity index (χ0) is 46.9. The molecule has 8 atom stereocenters. The molecule has 3 aliphatic heterocycles. The number of rotatable bonds is 12. The Hall–Kier alpha value is -5.72. The van der Waals surface area contributed by atoms with Crippen molar-refractivity contribution in [2.24, 2.45) is 11.8 Å². The zero-order valence-electron chi connectivity index (χ0n) is 38.4. The Balaban J connectivity index is 1.12. The van der Waals surface area contributed by atoms with E-state index in [2.05, 4.69) is 17.2 Å². The fourth-order valence-electron chi connectivity index (χ4n) is 11.5. The summed E-state index contributed by atoms with van der Waals surface area (Å²) in [7, 11) is 1.67. The molecule has 0 aromatic heterocycles. The summed E-state index contributed by atoms with van der Waals surface area (Å²) in [5, 5.41) is 71.6. The number of ether oxygens (including phenoxy) is 6. The van der Waals surface area contributed by atoms with Gasteiger partial charge in [-0.1, -0.05) is 30.0 Å². The van der Waals surface area contributed by atoms with Crippen molar-refractivity contribution in [3.63, 3.8) is 0 Å². The molecule has 358 valence electrons. The second kappa shape index (κ2) is 19.7. The summed E-state index contributed by atoms with van der Waals surface area (Å²) >= 11 is 0. The van der Waals surface area contributed by atoms with Gasteiger partial charge in [0.15, 0.2) is 0 Å². The van der Waals surface area contributed by atoms with Crippen LogP contribution in [0.1, 0.15) is 98.7 Å². The maximum atomic E-state index is 13.1. The molecule has 2 saturated carbocycles. The minimum absolute atomic E-state index is 0.0245. The Morgan fingerprint density at radius 1 is 0.824 bits per heavy atom. The van der Waals surface area contributed by atoms with E-state index in [4.69, 9.17) is 28.4 Å². The van der Waals surface area contributed by atoms with Crippen LogP contribution in [-0.4, -0.2) is 94.3 Å². The van der Waals surface area contributed by atoms with Crippen LogP contribution in [-0.2, 0) is 15.9 Å². The first-order valence-corrected chi connectivity index (χ1v) is 24.1. The number of benzene rings is 5. The van der Waals surface area contributed by atoms with Crippen LogP contribution < -0.4 is 24.3 Å². The van der Waals surface area contributed by atoms with E-state index in [1.807, 2.05) is 36.4 Å². The SMILES string of the molecule is COCCC[C@H]1Oc2c3cc(c4cc(O)ccc24)OCC#CC[C@@]2(NCO)CC[C@H](O)C[C@@H]2O[C@@H]3[C@@H]1[C@H]1COc2c(Cc3cc(O)ccc3-c3cccc(O)c3)cc(OC3CCCC3)cc2[C@H]1O. The number of hydrogen-bond donors (Lipinski definition) is 7. The molecule has 0 amide bonds. The maximum absolute atomic E-state index is 13.1. The van der Waals surface area contributed by atoms with Gasteiger partial charge in [0.1, 0.15) is 53.0 Å². The summed E-state index contributed by atoms with van der Waals surface area (Å²) in [4.78, 5) is 0. The van der Waals surface area contributed by atoms with Crippen LogP contribution in [0.2, 0.25) is 0 Å². The monoisotopic (exact) mass is 927 g/mol. The van der Waals surface area contributed by atoms with E-state index >= 15 is 0 Å². The van der Waals surface area contributed by atoms with Crippen LogP contribution in [0.25, 0.3) is 21.9 Å². The first-order chi connectivity index (χ1) is 33.1. The fourth-order valence-corrected chi connectivity index (χ4v) is 11.5. The maximum Gasteiger partial charge on any atom is 0.149 e. The van der Waals surface area contributed by atoms with E-state index in [1.54, 1.807) is 49.6 Å². The van der Waals surface area contributed by atoms with Gasteiger partial charge in [0.25, 0.3) is 0 Å². The highest BCUT2D eigenvalue weighted by molar-refractivity contribution is 5.96. The average Bonchev–Trinajstić information content (AvgIpc) is 3.84. The van der Waals surface area contributed by atoms with Crippen LogP contribution in [0.5, 0.6) is 40.2 Å². The minimum Gasteiger partial charge on any atom is -0.508 e. The Labute approximate surface area is 396 Å². The van der Waals surface area contributed by atoms with Crippen molar-refractivity contribution < 1.29 is 59.1 Å². The topological polar surface area (TPSA) is 189 Å². The normalized spacial score (nSPS) is 26.7. The lowest BCUT2D eigenvalue weighted by molar-refractivity contribution is -0.168. The molecule has 5 aliphatic rings. The molecule has 10 rings (SSSR count). The van der Waals surface area contributed by atoms with Crippen LogP contribution in [0.15, 0.2) is 78.9 Å². The molecule has 68 heavy (non-hydrogen) atoms.